The van der Waals surface area contributed by atoms with Crippen LogP contribution in [0.1, 0.15) is 52.2 Å². The smallest absolute Gasteiger partial charge is 0.244 e. The monoisotopic (exact) mass is 557 g/mol. The van der Waals surface area contributed by atoms with Crippen LogP contribution in [-0.4, -0.2) is 54.7 Å². The molecule has 0 saturated heterocycles. The number of para-hydroxylation sites is 1. The summed E-state index contributed by atoms with van der Waals surface area (Å²) in [5, 5.41) is 17.9. The number of aryl methyl sites for hydroxylation is 1. The van der Waals surface area contributed by atoms with E-state index in [0.29, 0.717) is 43.9 Å². The van der Waals surface area contributed by atoms with E-state index in [-0.39, 0.29) is 17.6 Å². The number of aliphatic hydroxyl groups excluding tert-OH is 1. The molecule has 2 aromatic rings. The first-order chi connectivity index (χ1) is 19.0. The van der Waals surface area contributed by atoms with Gasteiger partial charge in [-0.1, -0.05) is 65.0 Å². The Hall–Kier alpha value is -3.46. The van der Waals surface area contributed by atoms with Gasteiger partial charge in [0.25, 0.3) is 0 Å². The number of carbonyl (C=O) groups is 3. The molecule has 0 radical (unpaired) electrons. The Morgan fingerprint density at radius 3 is 2.30 bits per heavy atom. The van der Waals surface area contributed by atoms with Crippen molar-refractivity contribution in [3.05, 3.63) is 65.5 Å². The third-order valence-electron chi connectivity index (χ3n) is 6.41. The number of nitrogens with one attached hydrogen (secondary N) is 3. The van der Waals surface area contributed by atoms with Gasteiger partial charge in [-0.25, -0.2) is 4.39 Å². The lowest BCUT2D eigenvalue weighted by Crippen LogP contribution is -2.57. The highest BCUT2D eigenvalue weighted by molar-refractivity contribution is 5.92. The summed E-state index contributed by atoms with van der Waals surface area (Å²) in [7, 11) is 0. The molecule has 40 heavy (non-hydrogen) atoms. The molecule has 0 bridgehead atoms. The average Bonchev–Trinajstić information content (AvgIpc) is 2.91. The first-order valence-corrected chi connectivity index (χ1v) is 14.0. The molecule has 3 atom stereocenters. The number of benzene rings is 2. The number of ether oxygens (including phenoxy) is 1. The molecule has 3 amide bonds. The van der Waals surface area contributed by atoms with Crippen LogP contribution in [0.3, 0.4) is 0 Å². The van der Waals surface area contributed by atoms with E-state index in [4.69, 9.17) is 4.74 Å². The number of aliphatic hydroxyl groups is 1. The number of rotatable bonds is 16. The van der Waals surface area contributed by atoms with Crippen LogP contribution in [0.4, 0.5) is 4.39 Å². The number of carbonyl (C=O) groups excluding carboxylic acids is 3. The average molecular weight is 558 g/mol. The first kappa shape index (κ1) is 32.8. The minimum Gasteiger partial charge on any atom is -0.493 e. The Labute approximate surface area is 237 Å². The highest BCUT2D eigenvalue weighted by atomic mass is 19.1. The first-order valence-electron chi connectivity index (χ1n) is 14.0. The van der Waals surface area contributed by atoms with Crippen LogP contribution in [0.15, 0.2) is 48.5 Å². The molecular weight excluding hydrogens is 513 g/mol. The van der Waals surface area contributed by atoms with E-state index in [2.05, 4.69) is 29.8 Å². The molecular formula is C31H44FN3O5. The third-order valence-corrected chi connectivity index (χ3v) is 6.41. The van der Waals surface area contributed by atoms with Crippen molar-refractivity contribution in [3.63, 3.8) is 0 Å². The van der Waals surface area contributed by atoms with E-state index in [1.807, 2.05) is 24.3 Å². The van der Waals surface area contributed by atoms with Gasteiger partial charge < -0.3 is 25.8 Å². The Morgan fingerprint density at radius 1 is 0.925 bits per heavy atom. The van der Waals surface area contributed by atoms with Gasteiger partial charge in [0.1, 0.15) is 23.7 Å². The van der Waals surface area contributed by atoms with Gasteiger partial charge in [-0.2, -0.15) is 0 Å². The maximum atomic E-state index is 13.5. The van der Waals surface area contributed by atoms with Crippen LogP contribution >= 0.6 is 0 Å². The van der Waals surface area contributed by atoms with Crippen molar-refractivity contribution in [3.8, 4) is 5.75 Å². The number of hydrogen-bond donors (Lipinski definition) is 4. The maximum absolute atomic E-state index is 13.5. The van der Waals surface area contributed by atoms with Crippen molar-refractivity contribution in [2.45, 2.75) is 66.0 Å². The second-order valence-electron chi connectivity index (χ2n) is 10.9. The Bertz CT molecular complexity index is 1110. The summed E-state index contributed by atoms with van der Waals surface area (Å²) in [5.74, 6) is -1.35. The number of halogens is 1. The molecule has 4 N–H and O–H groups in total. The lowest BCUT2D eigenvalue weighted by atomic mass is 9.98. The van der Waals surface area contributed by atoms with Gasteiger partial charge in [0.2, 0.25) is 17.7 Å². The molecule has 2 aromatic carbocycles. The van der Waals surface area contributed by atoms with Gasteiger partial charge in [-0.05, 0) is 60.4 Å². The molecule has 0 fully saturated rings. The van der Waals surface area contributed by atoms with E-state index in [1.165, 1.54) is 12.1 Å². The summed E-state index contributed by atoms with van der Waals surface area (Å²) in [5.41, 5.74) is 1.73. The summed E-state index contributed by atoms with van der Waals surface area (Å²) in [6.45, 7) is 9.81. The molecule has 0 spiro atoms. The molecule has 0 aromatic heterocycles. The molecule has 9 heteroatoms. The number of hydrogen-bond acceptors (Lipinski definition) is 5. The fourth-order valence-electron chi connectivity index (χ4n) is 4.12. The SMILES string of the molecule is CC(C)COc1ccccc1CCCNC(=O)[C@H](CO)NC(=O)[C@H](NC(=O)[C@H](C)Cc1cccc(F)c1)C(C)C. The quantitative estimate of drug-likeness (QED) is 0.236. The van der Waals surface area contributed by atoms with Crippen LogP contribution in [0.2, 0.25) is 0 Å². The topological polar surface area (TPSA) is 117 Å². The Kier molecular flexibility index (Phi) is 13.6. The molecule has 0 unspecified atom stereocenters. The van der Waals surface area contributed by atoms with Crippen LogP contribution < -0.4 is 20.7 Å². The van der Waals surface area contributed by atoms with Crippen molar-refractivity contribution < 1.29 is 28.6 Å². The normalized spacial score (nSPS) is 13.4. The minimum atomic E-state index is -1.16. The zero-order valence-electron chi connectivity index (χ0n) is 24.2. The van der Waals surface area contributed by atoms with Crippen LogP contribution in [0, 0.1) is 23.6 Å². The lowest BCUT2D eigenvalue weighted by Gasteiger charge is -2.25. The predicted octanol–water partition coefficient (Wildman–Crippen LogP) is 3.41. The zero-order chi connectivity index (χ0) is 29.7. The molecule has 0 aliphatic heterocycles. The van der Waals surface area contributed by atoms with E-state index in [0.717, 1.165) is 11.3 Å². The summed E-state index contributed by atoms with van der Waals surface area (Å²) in [4.78, 5) is 38.5. The van der Waals surface area contributed by atoms with Gasteiger partial charge in [-0.15, -0.1) is 0 Å². The van der Waals surface area contributed by atoms with E-state index < -0.39 is 36.4 Å². The van der Waals surface area contributed by atoms with Crippen molar-refractivity contribution in [1.82, 2.24) is 16.0 Å². The Balaban J connectivity index is 1.87. The molecule has 0 aliphatic carbocycles. The van der Waals surface area contributed by atoms with Crippen molar-refractivity contribution >= 4 is 17.7 Å². The summed E-state index contributed by atoms with van der Waals surface area (Å²) in [6.07, 6.45) is 1.65. The van der Waals surface area contributed by atoms with Gasteiger partial charge in [0.05, 0.1) is 13.2 Å². The second kappa shape index (κ2) is 16.6. The molecule has 2 rings (SSSR count). The summed E-state index contributed by atoms with van der Waals surface area (Å²) >= 11 is 0. The summed E-state index contributed by atoms with van der Waals surface area (Å²) in [6, 6.07) is 11.8. The van der Waals surface area contributed by atoms with E-state index in [9.17, 15) is 23.9 Å². The van der Waals surface area contributed by atoms with E-state index >= 15 is 0 Å². The fraction of sp³-hybridized carbons (Fsp3) is 0.516. The number of amides is 3. The zero-order valence-corrected chi connectivity index (χ0v) is 24.2. The third kappa shape index (κ3) is 11.0. The van der Waals surface area contributed by atoms with Crippen LogP contribution in [0.25, 0.3) is 0 Å². The fourth-order valence-corrected chi connectivity index (χ4v) is 4.12. The van der Waals surface area contributed by atoms with Gasteiger partial charge in [0.15, 0.2) is 0 Å². The lowest BCUT2D eigenvalue weighted by molar-refractivity contribution is -0.134. The molecule has 0 saturated carbocycles. The maximum Gasteiger partial charge on any atom is 0.244 e. The van der Waals surface area contributed by atoms with Gasteiger partial charge in [0, 0.05) is 12.5 Å². The minimum absolute atomic E-state index is 0.272. The van der Waals surface area contributed by atoms with Crippen molar-refractivity contribution in [2.24, 2.45) is 17.8 Å². The molecule has 0 aliphatic rings. The van der Waals surface area contributed by atoms with Crippen LogP contribution in [-0.2, 0) is 27.2 Å². The van der Waals surface area contributed by atoms with Gasteiger partial charge in [-0.3, -0.25) is 14.4 Å². The van der Waals surface area contributed by atoms with Gasteiger partial charge >= 0.3 is 0 Å². The largest absolute Gasteiger partial charge is 0.493 e. The highest BCUT2D eigenvalue weighted by Gasteiger charge is 2.29. The Morgan fingerprint density at radius 2 is 1.65 bits per heavy atom. The highest BCUT2D eigenvalue weighted by Crippen LogP contribution is 2.20. The summed E-state index contributed by atoms with van der Waals surface area (Å²) < 4.78 is 19.4. The predicted molar refractivity (Wildman–Crippen MR) is 153 cm³/mol. The van der Waals surface area contributed by atoms with E-state index in [1.54, 1.807) is 32.9 Å². The standard InChI is InChI=1S/C31H44FN3O5/c1-20(2)19-40-27-14-7-6-11-24(27)12-9-15-33-30(38)26(18-36)34-31(39)28(21(3)4)35-29(37)22(5)16-23-10-8-13-25(32)17-23/h6-8,10-11,13-14,17,20-22,26,28,36H,9,12,15-16,18-19H2,1-5H3,(H,33,38)(H,34,39)(H,35,37)/t22-,26+,28-/m1/s1. The van der Waals surface area contributed by atoms with Crippen molar-refractivity contribution in [1.29, 1.82) is 0 Å². The van der Waals surface area contributed by atoms with Crippen molar-refractivity contribution in [2.75, 3.05) is 19.8 Å². The van der Waals surface area contributed by atoms with Crippen LogP contribution in [0.5, 0.6) is 5.75 Å². The molecule has 8 nitrogen and oxygen atoms in total. The molecule has 0 heterocycles. The molecule has 220 valence electrons. The second-order valence-corrected chi connectivity index (χ2v) is 10.9.